The second-order valence-electron chi connectivity index (χ2n) is 11.6. The van der Waals surface area contributed by atoms with Gasteiger partial charge in [0, 0.05) is 59.0 Å². The minimum atomic E-state index is 1.02. The molecule has 7 aromatic carbocycles. The Kier molecular flexibility index (Phi) is 6.36. The zero-order valence-corrected chi connectivity index (χ0v) is 25.8. The first-order chi connectivity index (χ1) is 22.8. The molecule has 0 atom stereocenters. The summed E-state index contributed by atoms with van der Waals surface area (Å²) in [5.74, 6) is 0. The number of nitrogens with zero attached hydrogens (tertiary/aromatic N) is 2. The van der Waals surface area contributed by atoms with Crippen molar-refractivity contribution >= 4 is 70.2 Å². The van der Waals surface area contributed by atoms with Crippen LogP contribution in [0, 0.1) is 0 Å². The lowest BCUT2D eigenvalue weighted by Gasteiger charge is -2.25. The summed E-state index contributed by atoms with van der Waals surface area (Å²) < 4.78 is 2.65. The number of fused-ring (bicyclic) bond motifs is 7. The third-order valence-corrected chi connectivity index (χ3v) is 10.1. The third kappa shape index (κ3) is 4.44. The fourth-order valence-corrected chi connectivity index (χ4v) is 7.93. The van der Waals surface area contributed by atoms with Crippen LogP contribution < -0.4 is 4.90 Å². The first-order valence-corrected chi connectivity index (χ1v) is 16.4. The number of benzene rings is 7. The van der Waals surface area contributed by atoms with E-state index in [2.05, 4.69) is 175 Å². The summed E-state index contributed by atoms with van der Waals surface area (Å²) in [5, 5.41) is 6.32. The average Bonchev–Trinajstić information content (AvgIpc) is 3.52. The summed E-state index contributed by atoms with van der Waals surface area (Å²) >= 11 is 1.88. The van der Waals surface area contributed by atoms with Gasteiger partial charge < -0.3 is 4.90 Å². The van der Waals surface area contributed by atoms with Crippen LogP contribution in [0.3, 0.4) is 0 Å². The van der Waals surface area contributed by atoms with E-state index < -0.39 is 0 Å². The van der Waals surface area contributed by atoms with E-state index in [1.54, 1.807) is 0 Å². The zero-order valence-electron chi connectivity index (χ0n) is 25.0. The second kappa shape index (κ2) is 11.0. The lowest BCUT2D eigenvalue weighted by Crippen LogP contribution is -2.09. The molecule has 3 heteroatoms. The summed E-state index contributed by atoms with van der Waals surface area (Å²) in [7, 11) is 0. The monoisotopic (exact) mass is 604 g/mol. The van der Waals surface area contributed by atoms with Crippen LogP contribution in [0.4, 0.5) is 17.1 Å². The van der Waals surface area contributed by atoms with Gasteiger partial charge in [0.2, 0.25) is 0 Å². The topological polar surface area (TPSA) is 16.1 Å². The van der Waals surface area contributed by atoms with Gasteiger partial charge in [-0.1, -0.05) is 121 Å². The van der Waals surface area contributed by atoms with Crippen LogP contribution in [-0.2, 0) is 0 Å². The average molecular weight is 605 g/mol. The van der Waals surface area contributed by atoms with Gasteiger partial charge >= 0.3 is 0 Å². The Hall–Kier alpha value is -5.77. The summed E-state index contributed by atoms with van der Waals surface area (Å²) in [6.07, 6.45) is 0. The molecule has 216 valence electrons. The van der Waals surface area contributed by atoms with Gasteiger partial charge in [0.05, 0.1) is 11.2 Å². The van der Waals surface area contributed by atoms with E-state index in [9.17, 15) is 0 Å². The Morgan fingerprint density at radius 2 is 0.913 bits per heavy atom. The number of thiophene rings is 1. The summed E-state index contributed by atoms with van der Waals surface area (Å²) in [5.41, 5.74) is 8.92. The van der Waals surface area contributed by atoms with Crippen molar-refractivity contribution in [2.24, 2.45) is 0 Å². The first-order valence-electron chi connectivity index (χ1n) is 15.6. The predicted molar refractivity (Wildman–Crippen MR) is 198 cm³/mol. The molecule has 0 bridgehead atoms. The smallest absolute Gasteiger partial charge is 0.0788 e. The molecular formula is C43H28N2S. The molecule has 0 unspecified atom stereocenters. The molecule has 0 N–H and O–H groups in total. The molecule has 9 rings (SSSR count). The number of rotatable bonds is 5. The predicted octanol–water partition coefficient (Wildman–Crippen LogP) is 12.6. The maximum absolute atomic E-state index is 5.22. The van der Waals surface area contributed by atoms with Gasteiger partial charge in [-0.25, -0.2) is 4.98 Å². The molecule has 9 aromatic rings. The number of pyridine rings is 1. The lowest BCUT2D eigenvalue weighted by molar-refractivity contribution is 1.28. The van der Waals surface area contributed by atoms with Crippen molar-refractivity contribution in [3.63, 3.8) is 0 Å². The SMILES string of the molecule is c1ccc(N(c2ccccc2)c2ccc(-c3ccc(-c4nc5ccccc5c5c4ccc4c6ccccc6sc45)cc3)cc2)cc1. The van der Waals surface area contributed by atoms with Crippen LogP contribution in [0.1, 0.15) is 0 Å². The van der Waals surface area contributed by atoms with E-state index in [-0.39, 0.29) is 0 Å². The summed E-state index contributed by atoms with van der Waals surface area (Å²) in [6, 6.07) is 60.6. The minimum Gasteiger partial charge on any atom is -0.311 e. The molecule has 0 aliphatic heterocycles. The summed E-state index contributed by atoms with van der Waals surface area (Å²) in [6.45, 7) is 0. The van der Waals surface area contributed by atoms with Crippen LogP contribution >= 0.6 is 11.3 Å². The van der Waals surface area contributed by atoms with Crippen molar-refractivity contribution in [2.45, 2.75) is 0 Å². The minimum absolute atomic E-state index is 1.02. The number of aromatic nitrogens is 1. The maximum atomic E-state index is 5.22. The van der Waals surface area contributed by atoms with Crippen molar-refractivity contribution in [3.05, 3.63) is 170 Å². The molecule has 0 spiro atoms. The highest BCUT2D eigenvalue weighted by molar-refractivity contribution is 7.26. The van der Waals surface area contributed by atoms with E-state index in [1.807, 2.05) is 11.3 Å². The highest BCUT2D eigenvalue weighted by atomic mass is 32.1. The van der Waals surface area contributed by atoms with E-state index in [0.29, 0.717) is 0 Å². The highest BCUT2D eigenvalue weighted by Crippen LogP contribution is 2.43. The van der Waals surface area contributed by atoms with Crippen LogP contribution in [0.15, 0.2) is 170 Å². The van der Waals surface area contributed by atoms with E-state index in [1.165, 1.54) is 47.5 Å². The van der Waals surface area contributed by atoms with Gasteiger partial charge in [0.25, 0.3) is 0 Å². The molecule has 0 aliphatic rings. The lowest BCUT2D eigenvalue weighted by atomic mass is 9.96. The molecule has 2 nitrogen and oxygen atoms in total. The molecule has 46 heavy (non-hydrogen) atoms. The van der Waals surface area contributed by atoms with E-state index in [0.717, 1.165) is 33.8 Å². The summed E-state index contributed by atoms with van der Waals surface area (Å²) in [4.78, 5) is 7.51. The first kappa shape index (κ1) is 26.6. The van der Waals surface area contributed by atoms with Gasteiger partial charge in [-0.15, -0.1) is 11.3 Å². The number of para-hydroxylation sites is 3. The molecule has 0 fully saturated rings. The van der Waals surface area contributed by atoms with E-state index in [4.69, 9.17) is 4.98 Å². The van der Waals surface area contributed by atoms with Gasteiger partial charge in [-0.05, 0) is 59.7 Å². The normalized spacial score (nSPS) is 11.5. The molecule has 2 aromatic heterocycles. The van der Waals surface area contributed by atoms with Crippen molar-refractivity contribution in [1.82, 2.24) is 4.98 Å². The second-order valence-corrected chi connectivity index (χ2v) is 12.6. The largest absolute Gasteiger partial charge is 0.311 e. The molecule has 2 heterocycles. The zero-order chi connectivity index (χ0) is 30.5. The number of anilines is 3. The van der Waals surface area contributed by atoms with Crippen LogP contribution in [-0.4, -0.2) is 4.98 Å². The van der Waals surface area contributed by atoms with Gasteiger partial charge in [-0.2, -0.15) is 0 Å². The molecule has 0 saturated heterocycles. The van der Waals surface area contributed by atoms with E-state index >= 15 is 0 Å². The molecule has 0 saturated carbocycles. The van der Waals surface area contributed by atoms with Crippen molar-refractivity contribution in [2.75, 3.05) is 4.90 Å². The van der Waals surface area contributed by atoms with Crippen LogP contribution in [0.5, 0.6) is 0 Å². The Bertz CT molecular complexity index is 2460. The van der Waals surface area contributed by atoms with Crippen molar-refractivity contribution in [3.8, 4) is 22.4 Å². The standard InChI is InChI=1S/C43H28N2S/c1-3-11-32(12-4-1)45(33-13-5-2-6-14-33)34-25-23-30(24-26-34)29-19-21-31(22-20-29)42-38-28-27-36-35-15-8-10-18-40(35)46-43(36)41(38)37-16-7-9-17-39(37)44-42/h1-28H. The fourth-order valence-electron chi connectivity index (χ4n) is 6.66. The fraction of sp³-hybridized carbons (Fsp3) is 0. The van der Waals surface area contributed by atoms with Crippen molar-refractivity contribution in [1.29, 1.82) is 0 Å². The molecule has 0 amide bonds. The number of hydrogen-bond acceptors (Lipinski definition) is 3. The Morgan fingerprint density at radius 1 is 0.391 bits per heavy atom. The number of hydrogen-bond donors (Lipinski definition) is 0. The van der Waals surface area contributed by atoms with Gasteiger partial charge in [0.1, 0.15) is 0 Å². The molecular weight excluding hydrogens is 577 g/mol. The molecule has 0 aliphatic carbocycles. The van der Waals surface area contributed by atoms with Crippen LogP contribution in [0.2, 0.25) is 0 Å². The Morgan fingerprint density at radius 3 is 1.61 bits per heavy atom. The Labute approximate surface area is 271 Å². The quantitative estimate of drug-likeness (QED) is 0.182. The van der Waals surface area contributed by atoms with Gasteiger partial charge in [-0.3, -0.25) is 0 Å². The maximum Gasteiger partial charge on any atom is 0.0788 e. The van der Waals surface area contributed by atoms with Crippen molar-refractivity contribution < 1.29 is 0 Å². The van der Waals surface area contributed by atoms with Gasteiger partial charge in [0.15, 0.2) is 0 Å². The highest BCUT2D eigenvalue weighted by Gasteiger charge is 2.16. The van der Waals surface area contributed by atoms with Crippen LogP contribution in [0.25, 0.3) is 64.2 Å². The Balaban J connectivity index is 1.12. The molecule has 0 radical (unpaired) electrons. The third-order valence-electron chi connectivity index (χ3n) is 8.85.